The Labute approximate surface area is 172 Å². The second-order valence-corrected chi connectivity index (χ2v) is 10.2. The molecule has 0 fully saturated rings. The summed E-state index contributed by atoms with van der Waals surface area (Å²) in [7, 11) is 0. The van der Waals surface area contributed by atoms with Gasteiger partial charge in [0.15, 0.2) is 5.16 Å². The highest BCUT2D eigenvalue weighted by Gasteiger charge is 2.26. The molecule has 0 saturated heterocycles. The Balaban J connectivity index is 2.07. The minimum atomic E-state index is -0.888. The number of nitrogens with one attached hydrogen (secondary N) is 1. The number of nitrogens with zero attached hydrogens (tertiary/aromatic N) is 2. The maximum atomic E-state index is 13.4. The van der Waals surface area contributed by atoms with Gasteiger partial charge in [-0.1, -0.05) is 32.5 Å². The van der Waals surface area contributed by atoms with E-state index < -0.39 is 17.2 Å². The quantitative estimate of drug-likeness (QED) is 0.569. The van der Waals surface area contributed by atoms with Crippen LogP contribution in [0.4, 0.5) is 4.79 Å². The average Bonchev–Trinajstić information content (AvgIpc) is 2.94. The van der Waals surface area contributed by atoms with Crippen molar-refractivity contribution in [2.75, 3.05) is 0 Å². The van der Waals surface area contributed by atoms with Gasteiger partial charge in [-0.05, 0) is 43.6 Å². The van der Waals surface area contributed by atoms with Gasteiger partial charge in [0, 0.05) is 11.4 Å². The highest BCUT2D eigenvalue weighted by Crippen LogP contribution is 2.37. The van der Waals surface area contributed by atoms with Crippen molar-refractivity contribution in [2.24, 2.45) is 17.6 Å². The third-order valence-corrected chi connectivity index (χ3v) is 7.06. The van der Waals surface area contributed by atoms with E-state index in [-0.39, 0.29) is 11.5 Å². The van der Waals surface area contributed by atoms with Crippen LogP contribution in [0.25, 0.3) is 10.2 Å². The first-order valence-electron chi connectivity index (χ1n) is 9.49. The number of imide groups is 1. The minimum Gasteiger partial charge on any atom is -0.351 e. The SMILES string of the molecule is CC(C)Cn1c(S[C@H](C)C(=O)NC(N)=O)nc2sc3c(c2c1=O)CC[C@H](C)C3. The monoisotopic (exact) mass is 422 g/mol. The molecule has 1 aliphatic rings. The summed E-state index contributed by atoms with van der Waals surface area (Å²) >= 11 is 2.77. The third-order valence-electron chi connectivity index (χ3n) is 4.83. The Kier molecular flexibility index (Phi) is 6.14. The largest absolute Gasteiger partial charge is 0.351 e. The number of primary amides is 1. The summed E-state index contributed by atoms with van der Waals surface area (Å²) in [4.78, 5) is 43.2. The molecule has 0 unspecified atom stereocenters. The number of thiophene rings is 1. The number of aryl methyl sites for hydroxylation is 1. The van der Waals surface area contributed by atoms with Crippen molar-refractivity contribution in [1.82, 2.24) is 14.9 Å². The fraction of sp³-hybridized carbons (Fsp3) is 0.579. The van der Waals surface area contributed by atoms with Crippen LogP contribution in [0, 0.1) is 11.8 Å². The first-order valence-corrected chi connectivity index (χ1v) is 11.2. The molecular weight excluding hydrogens is 396 g/mol. The molecule has 9 heteroatoms. The van der Waals surface area contributed by atoms with E-state index in [4.69, 9.17) is 10.7 Å². The highest BCUT2D eigenvalue weighted by atomic mass is 32.2. The van der Waals surface area contributed by atoms with Crippen LogP contribution in [0.15, 0.2) is 9.95 Å². The zero-order chi connectivity index (χ0) is 20.6. The summed E-state index contributed by atoms with van der Waals surface area (Å²) < 4.78 is 1.68. The topological polar surface area (TPSA) is 107 Å². The lowest BCUT2D eigenvalue weighted by Gasteiger charge is -2.18. The first kappa shape index (κ1) is 20.9. The molecule has 3 N–H and O–H groups in total. The lowest BCUT2D eigenvalue weighted by molar-refractivity contribution is -0.119. The predicted octanol–water partition coefficient (Wildman–Crippen LogP) is 2.91. The number of rotatable bonds is 5. The molecule has 0 aliphatic heterocycles. The molecule has 2 aromatic rings. The van der Waals surface area contributed by atoms with Crippen molar-refractivity contribution >= 4 is 45.3 Å². The molecule has 0 radical (unpaired) electrons. The average molecular weight is 423 g/mol. The van der Waals surface area contributed by atoms with Crippen molar-refractivity contribution in [2.45, 2.75) is 63.9 Å². The van der Waals surface area contributed by atoms with E-state index in [1.165, 1.54) is 16.6 Å². The maximum absolute atomic E-state index is 13.4. The first-order chi connectivity index (χ1) is 13.2. The van der Waals surface area contributed by atoms with Gasteiger partial charge in [-0.3, -0.25) is 19.5 Å². The smallest absolute Gasteiger partial charge is 0.318 e. The van der Waals surface area contributed by atoms with Crippen LogP contribution in [0.3, 0.4) is 0 Å². The Hall–Kier alpha value is -1.87. The van der Waals surface area contributed by atoms with Crippen LogP contribution in [0.2, 0.25) is 0 Å². The van der Waals surface area contributed by atoms with Gasteiger partial charge in [0.25, 0.3) is 5.56 Å². The molecule has 3 rings (SSSR count). The van der Waals surface area contributed by atoms with Gasteiger partial charge in [0.05, 0.1) is 10.6 Å². The number of aromatic nitrogens is 2. The van der Waals surface area contributed by atoms with Crippen LogP contribution in [0.5, 0.6) is 0 Å². The molecule has 2 atom stereocenters. The van der Waals surface area contributed by atoms with E-state index in [0.717, 1.165) is 35.0 Å². The Bertz CT molecular complexity index is 980. The van der Waals surface area contributed by atoms with Crippen molar-refractivity contribution in [3.05, 3.63) is 20.8 Å². The number of urea groups is 1. The molecule has 2 heterocycles. The zero-order valence-electron chi connectivity index (χ0n) is 16.6. The molecule has 1 aliphatic carbocycles. The normalized spacial score (nSPS) is 17.5. The van der Waals surface area contributed by atoms with E-state index in [9.17, 15) is 14.4 Å². The second-order valence-electron chi connectivity index (χ2n) is 7.85. The molecule has 3 amide bonds. The molecule has 0 bridgehead atoms. The van der Waals surface area contributed by atoms with Crippen LogP contribution < -0.4 is 16.6 Å². The lowest BCUT2D eigenvalue weighted by Crippen LogP contribution is -2.39. The van der Waals surface area contributed by atoms with Crippen molar-refractivity contribution in [1.29, 1.82) is 0 Å². The number of nitrogens with two attached hydrogens (primary N) is 1. The zero-order valence-corrected chi connectivity index (χ0v) is 18.2. The summed E-state index contributed by atoms with van der Waals surface area (Å²) in [6, 6.07) is -0.888. The molecular formula is C19H26N4O3S2. The summed E-state index contributed by atoms with van der Waals surface area (Å²) in [6.07, 6.45) is 2.99. The molecule has 2 aromatic heterocycles. The van der Waals surface area contributed by atoms with E-state index in [1.54, 1.807) is 22.8 Å². The van der Waals surface area contributed by atoms with Gasteiger partial charge in [-0.25, -0.2) is 9.78 Å². The predicted molar refractivity (Wildman–Crippen MR) is 113 cm³/mol. The Morgan fingerprint density at radius 3 is 2.75 bits per heavy atom. The lowest BCUT2D eigenvalue weighted by atomic mass is 9.89. The van der Waals surface area contributed by atoms with Gasteiger partial charge < -0.3 is 5.73 Å². The fourth-order valence-corrected chi connectivity index (χ4v) is 5.80. The van der Waals surface area contributed by atoms with Crippen molar-refractivity contribution < 1.29 is 9.59 Å². The van der Waals surface area contributed by atoms with E-state index >= 15 is 0 Å². The van der Waals surface area contributed by atoms with E-state index in [2.05, 4.69) is 12.2 Å². The van der Waals surface area contributed by atoms with Crippen molar-refractivity contribution in [3.63, 3.8) is 0 Å². The van der Waals surface area contributed by atoms with Crippen LogP contribution in [-0.2, 0) is 24.2 Å². The van der Waals surface area contributed by atoms with Gasteiger partial charge >= 0.3 is 6.03 Å². The van der Waals surface area contributed by atoms with Gasteiger partial charge in [0.1, 0.15) is 4.83 Å². The molecule has 0 saturated carbocycles. The number of fused-ring (bicyclic) bond motifs is 3. The number of hydrogen-bond donors (Lipinski definition) is 2. The fourth-order valence-electron chi connectivity index (χ4n) is 3.46. The van der Waals surface area contributed by atoms with Gasteiger partial charge in [-0.2, -0.15) is 0 Å². The summed E-state index contributed by atoms with van der Waals surface area (Å²) in [6.45, 7) is 8.51. The third kappa shape index (κ3) is 4.25. The molecule has 0 aromatic carbocycles. The molecule has 7 nitrogen and oxygen atoms in total. The van der Waals surface area contributed by atoms with Crippen LogP contribution in [0.1, 0.15) is 44.6 Å². The summed E-state index contributed by atoms with van der Waals surface area (Å²) in [5.41, 5.74) is 6.16. The standard InChI is InChI=1S/C19H26N4O3S2/c1-9(2)8-23-17(25)14-12-6-5-10(3)7-13(12)28-16(14)22-19(23)27-11(4)15(24)21-18(20)26/h9-11H,5-8H2,1-4H3,(H3,20,21,24,26)/t10-,11+/m0/s1. The summed E-state index contributed by atoms with van der Waals surface area (Å²) in [5, 5.41) is 2.73. The van der Waals surface area contributed by atoms with Gasteiger partial charge in [-0.15, -0.1) is 11.3 Å². The summed E-state index contributed by atoms with van der Waals surface area (Å²) in [5.74, 6) is 0.368. The second kappa shape index (κ2) is 8.24. The van der Waals surface area contributed by atoms with E-state index in [0.29, 0.717) is 17.6 Å². The minimum absolute atomic E-state index is 0.0317. The number of carbonyl (C=O) groups is 2. The van der Waals surface area contributed by atoms with Gasteiger partial charge in [0.2, 0.25) is 5.91 Å². The molecule has 28 heavy (non-hydrogen) atoms. The van der Waals surface area contributed by atoms with Crippen molar-refractivity contribution in [3.8, 4) is 0 Å². The number of hydrogen-bond acceptors (Lipinski definition) is 6. The van der Waals surface area contributed by atoms with E-state index in [1.807, 2.05) is 13.8 Å². The van der Waals surface area contributed by atoms with Crippen LogP contribution in [-0.4, -0.2) is 26.7 Å². The highest BCUT2D eigenvalue weighted by molar-refractivity contribution is 8.00. The Morgan fingerprint density at radius 1 is 1.39 bits per heavy atom. The number of carbonyl (C=O) groups excluding carboxylic acids is 2. The van der Waals surface area contributed by atoms with Crippen LogP contribution >= 0.6 is 23.1 Å². The molecule has 0 spiro atoms. The number of thioether (sulfide) groups is 1. The number of amides is 3. The molecule has 152 valence electrons. The Morgan fingerprint density at radius 2 is 2.11 bits per heavy atom. The maximum Gasteiger partial charge on any atom is 0.318 e.